The zero-order valence-electron chi connectivity index (χ0n) is 34.5. The summed E-state index contributed by atoms with van der Waals surface area (Å²) in [6, 6.07) is -0.820. The van der Waals surface area contributed by atoms with Gasteiger partial charge in [-0.25, -0.2) is 0 Å². The van der Waals surface area contributed by atoms with E-state index in [1.54, 1.807) is 0 Å². The molecule has 0 aliphatic carbocycles. The lowest BCUT2D eigenvalue weighted by Gasteiger charge is -2.26. The number of aliphatic hydroxyl groups excluding tert-OH is 3. The van der Waals surface area contributed by atoms with Crippen LogP contribution in [-0.4, -0.2) is 46.1 Å². The van der Waals surface area contributed by atoms with E-state index >= 15 is 0 Å². The van der Waals surface area contributed by atoms with Gasteiger partial charge in [-0.2, -0.15) is 0 Å². The van der Waals surface area contributed by atoms with Crippen LogP contribution in [-0.2, 0) is 4.79 Å². The Balaban J connectivity index is 3.60. The van der Waals surface area contributed by atoms with Crippen LogP contribution >= 0.6 is 0 Å². The molecule has 5 heteroatoms. The molecule has 0 aliphatic heterocycles. The SMILES string of the molecule is CCCCCCCCCCCCCCCCCCCC/C=C/CCCC(O)C(O)C(CO)NC(=O)CCCCCCCCCCCCCCCC. The molecule has 1 amide bonds. The summed E-state index contributed by atoms with van der Waals surface area (Å²) in [5.41, 5.74) is 0. The lowest BCUT2D eigenvalue weighted by Crippen LogP contribution is -2.50. The molecule has 0 aliphatic rings. The maximum Gasteiger partial charge on any atom is 0.220 e. The van der Waals surface area contributed by atoms with Crippen molar-refractivity contribution in [3.05, 3.63) is 12.2 Å². The Labute approximate surface area is 319 Å². The van der Waals surface area contributed by atoms with E-state index in [2.05, 4.69) is 31.3 Å². The minimum Gasteiger partial charge on any atom is -0.394 e. The van der Waals surface area contributed by atoms with E-state index in [-0.39, 0.29) is 12.5 Å². The van der Waals surface area contributed by atoms with Crippen molar-refractivity contribution in [2.45, 2.75) is 270 Å². The summed E-state index contributed by atoms with van der Waals surface area (Å²) >= 11 is 0. The maximum absolute atomic E-state index is 12.4. The zero-order chi connectivity index (χ0) is 37.3. The molecule has 0 radical (unpaired) electrons. The first-order valence-corrected chi connectivity index (χ1v) is 23.0. The number of amides is 1. The number of carbonyl (C=O) groups excluding carboxylic acids is 1. The highest BCUT2D eigenvalue weighted by Gasteiger charge is 2.26. The van der Waals surface area contributed by atoms with Crippen molar-refractivity contribution in [3.8, 4) is 0 Å². The number of carbonyl (C=O) groups is 1. The molecule has 0 fully saturated rings. The molecule has 0 saturated carbocycles. The van der Waals surface area contributed by atoms with Crippen molar-refractivity contribution >= 4 is 5.91 Å². The predicted octanol–water partition coefficient (Wildman–Crippen LogP) is 13.2. The van der Waals surface area contributed by atoms with Crippen molar-refractivity contribution in [3.63, 3.8) is 0 Å². The molecule has 304 valence electrons. The van der Waals surface area contributed by atoms with Gasteiger partial charge < -0.3 is 20.6 Å². The Hall–Kier alpha value is -0.910. The number of hydrogen-bond acceptors (Lipinski definition) is 4. The van der Waals surface area contributed by atoms with Crippen molar-refractivity contribution in [1.82, 2.24) is 5.32 Å². The van der Waals surface area contributed by atoms with Gasteiger partial charge >= 0.3 is 0 Å². The Morgan fingerprint density at radius 2 is 0.784 bits per heavy atom. The van der Waals surface area contributed by atoms with E-state index < -0.39 is 18.2 Å². The molecule has 0 bridgehead atoms. The first kappa shape index (κ1) is 50.1. The second-order valence-corrected chi connectivity index (χ2v) is 16.0. The summed E-state index contributed by atoms with van der Waals surface area (Å²) in [5.74, 6) is -0.151. The summed E-state index contributed by atoms with van der Waals surface area (Å²) in [5, 5.41) is 33.5. The topological polar surface area (TPSA) is 89.8 Å². The average molecular weight is 722 g/mol. The Bertz CT molecular complexity index is 713. The van der Waals surface area contributed by atoms with E-state index in [0.717, 1.165) is 38.5 Å². The number of rotatable bonds is 42. The van der Waals surface area contributed by atoms with E-state index in [0.29, 0.717) is 12.8 Å². The van der Waals surface area contributed by atoms with E-state index in [1.807, 2.05) is 0 Å². The molecule has 3 unspecified atom stereocenters. The summed E-state index contributed by atoms with van der Waals surface area (Å²) in [4.78, 5) is 12.4. The van der Waals surface area contributed by atoms with Gasteiger partial charge in [-0.15, -0.1) is 0 Å². The van der Waals surface area contributed by atoms with Gasteiger partial charge in [0.2, 0.25) is 5.91 Å². The normalized spacial score (nSPS) is 13.6. The third-order valence-electron chi connectivity index (χ3n) is 10.9. The molecule has 0 spiro atoms. The van der Waals surface area contributed by atoms with Crippen molar-refractivity contribution in [2.24, 2.45) is 0 Å². The molecule has 5 nitrogen and oxygen atoms in total. The van der Waals surface area contributed by atoms with Gasteiger partial charge in [0.1, 0.15) is 6.10 Å². The second-order valence-electron chi connectivity index (χ2n) is 16.0. The van der Waals surface area contributed by atoms with Gasteiger partial charge in [-0.1, -0.05) is 219 Å². The van der Waals surface area contributed by atoms with E-state index in [9.17, 15) is 20.1 Å². The Morgan fingerprint density at radius 3 is 1.14 bits per heavy atom. The van der Waals surface area contributed by atoms with Crippen LogP contribution in [0.1, 0.15) is 251 Å². The highest BCUT2D eigenvalue weighted by molar-refractivity contribution is 5.76. The summed E-state index contributed by atoms with van der Waals surface area (Å²) in [6.45, 7) is 4.18. The van der Waals surface area contributed by atoms with E-state index in [1.165, 1.54) is 186 Å². The van der Waals surface area contributed by atoms with E-state index in [4.69, 9.17) is 0 Å². The quantitative estimate of drug-likeness (QED) is 0.0373. The first-order chi connectivity index (χ1) is 25.1. The molecule has 3 atom stereocenters. The number of allylic oxidation sites excluding steroid dienone is 2. The number of hydrogen-bond donors (Lipinski definition) is 4. The fourth-order valence-electron chi connectivity index (χ4n) is 7.28. The molecule has 51 heavy (non-hydrogen) atoms. The summed E-state index contributed by atoms with van der Waals surface area (Å²) in [7, 11) is 0. The van der Waals surface area contributed by atoms with Crippen molar-refractivity contribution < 1.29 is 20.1 Å². The largest absolute Gasteiger partial charge is 0.394 e. The van der Waals surface area contributed by atoms with Gasteiger partial charge in [0, 0.05) is 6.42 Å². The lowest BCUT2D eigenvalue weighted by atomic mass is 10.0. The second kappa shape index (κ2) is 41.8. The van der Waals surface area contributed by atoms with Crippen LogP contribution in [0.4, 0.5) is 0 Å². The number of nitrogens with one attached hydrogen (secondary N) is 1. The van der Waals surface area contributed by atoms with Crippen LogP contribution < -0.4 is 5.32 Å². The first-order valence-electron chi connectivity index (χ1n) is 23.0. The van der Waals surface area contributed by atoms with Crippen LogP contribution in [0.15, 0.2) is 12.2 Å². The fourth-order valence-corrected chi connectivity index (χ4v) is 7.28. The Morgan fingerprint density at radius 1 is 0.471 bits per heavy atom. The van der Waals surface area contributed by atoms with Crippen LogP contribution in [0, 0.1) is 0 Å². The monoisotopic (exact) mass is 722 g/mol. The van der Waals surface area contributed by atoms with Gasteiger partial charge in [0.05, 0.1) is 18.8 Å². The Kier molecular flexibility index (Phi) is 41.1. The van der Waals surface area contributed by atoms with Crippen LogP contribution in [0.5, 0.6) is 0 Å². The number of unbranched alkanes of at least 4 members (excludes halogenated alkanes) is 32. The molecular formula is C46H91NO4. The lowest BCUT2D eigenvalue weighted by molar-refractivity contribution is -0.124. The third-order valence-corrected chi connectivity index (χ3v) is 10.9. The highest BCUT2D eigenvalue weighted by atomic mass is 16.3. The van der Waals surface area contributed by atoms with Crippen LogP contribution in [0.2, 0.25) is 0 Å². The zero-order valence-corrected chi connectivity index (χ0v) is 34.5. The molecule has 0 aromatic carbocycles. The molecule has 4 N–H and O–H groups in total. The fraction of sp³-hybridized carbons (Fsp3) is 0.935. The number of aliphatic hydroxyl groups is 3. The molecule has 0 rings (SSSR count). The van der Waals surface area contributed by atoms with Crippen molar-refractivity contribution in [2.75, 3.05) is 6.61 Å². The molecule has 0 heterocycles. The minimum atomic E-state index is -1.15. The molecule has 0 saturated heterocycles. The van der Waals surface area contributed by atoms with Gasteiger partial charge in [-0.3, -0.25) is 4.79 Å². The van der Waals surface area contributed by atoms with Crippen molar-refractivity contribution in [1.29, 1.82) is 0 Å². The predicted molar refractivity (Wildman–Crippen MR) is 222 cm³/mol. The smallest absolute Gasteiger partial charge is 0.220 e. The molecular weight excluding hydrogens is 631 g/mol. The third kappa shape index (κ3) is 37.2. The standard InChI is InChI=1S/C46H91NO4/c1-3-5-7-9-11-13-15-17-19-20-21-22-23-24-25-26-27-28-30-32-34-36-38-40-44(49)46(51)43(42-48)47-45(50)41-39-37-35-33-31-29-18-16-14-12-10-8-6-4-2/h32,34,43-44,46,48-49,51H,3-31,33,35-42H2,1-2H3,(H,47,50)/b34-32+. The van der Waals surface area contributed by atoms with Crippen LogP contribution in [0.25, 0.3) is 0 Å². The van der Waals surface area contributed by atoms with Crippen LogP contribution in [0.3, 0.4) is 0 Å². The van der Waals surface area contributed by atoms with Gasteiger partial charge in [0.25, 0.3) is 0 Å². The van der Waals surface area contributed by atoms with Gasteiger partial charge in [-0.05, 0) is 38.5 Å². The van der Waals surface area contributed by atoms with Gasteiger partial charge in [0.15, 0.2) is 0 Å². The highest BCUT2D eigenvalue weighted by Crippen LogP contribution is 2.16. The summed E-state index contributed by atoms with van der Waals surface area (Å²) < 4.78 is 0. The molecule has 0 aromatic rings. The minimum absolute atomic E-state index is 0.151. The maximum atomic E-state index is 12.4. The average Bonchev–Trinajstić information content (AvgIpc) is 3.13. The summed E-state index contributed by atoms with van der Waals surface area (Å²) in [6.07, 6.45) is 49.0. The molecule has 0 aromatic heterocycles.